The molecule has 0 spiro atoms. The number of ether oxygens (including phenoxy) is 2. The lowest BCUT2D eigenvalue weighted by Gasteiger charge is -2.48. The summed E-state index contributed by atoms with van der Waals surface area (Å²) < 4.78 is 50.6. The van der Waals surface area contributed by atoms with Gasteiger partial charge in [0.15, 0.2) is 5.60 Å². The molecule has 0 aliphatic heterocycles. The molecule has 0 rings (SSSR count). The Bertz CT molecular complexity index is 356. The average Bonchev–Trinajstić information content (AvgIpc) is 2.41. The van der Waals surface area contributed by atoms with Gasteiger partial charge in [0.25, 0.3) is 0 Å². The first kappa shape index (κ1) is 20.2. The van der Waals surface area contributed by atoms with Crippen LogP contribution in [0.25, 0.3) is 0 Å². The van der Waals surface area contributed by atoms with E-state index in [0.29, 0.717) is 0 Å². The smallest absolute Gasteiger partial charge is 0.375 e. The lowest BCUT2D eigenvalue weighted by molar-refractivity contribution is -0.328. The van der Waals surface area contributed by atoms with E-state index in [0.717, 1.165) is 14.0 Å². The van der Waals surface area contributed by atoms with Crippen LogP contribution in [0.15, 0.2) is 0 Å². The molecular weight excluding hydrogens is 287 g/mol. The second-order valence-corrected chi connectivity index (χ2v) is 5.66. The Balaban J connectivity index is 5.68. The largest absolute Gasteiger partial charge is 0.420 e. The Kier molecular flexibility index (Phi) is 6.69. The number of carbonyl (C=O) groups is 1. The summed E-state index contributed by atoms with van der Waals surface area (Å²) in [6.07, 6.45) is -4.51. The summed E-state index contributed by atoms with van der Waals surface area (Å²) in [7, 11) is 2.24. The van der Waals surface area contributed by atoms with Crippen molar-refractivity contribution in [1.82, 2.24) is 0 Å². The molecule has 0 aliphatic carbocycles. The van der Waals surface area contributed by atoms with Crippen LogP contribution in [0.1, 0.15) is 40.5 Å². The Labute approximate surface area is 124 Å². The lowest BCUT2D eigenvalue weighted by atomic mass is 9.72. The fraction of sp³-hybridized carbons (Fsp3) is 0.929. The van der Waals surface area contributed by atoms with E-state index in [9.17, 15) is 18.0 Å². The van der Waals surface area contributed by atoms with E-state index in [1.807, 2.05) is 0 Å². The molecule has 0 heterocycles. The van der Waals surface area contributed by atoms with Gasteiger partial charge in [0.2, 0.25) is 5.91 Å². The van der Waals surface area contributed by atoms with E-state index < -0.39 is 29.2 Å². The summed E-state index contributed by atoms with van der Waals surface area (Å²) >= 11 is 0. The van der Waals surface area contributed by atoms with Gasteiger partial charge in [-0.2, -0.15) is 13.2 Å². The first-order valence-corrected chi connectivity index (χ1v) is 6.88. The molecule has 7 heteroatoms. The van der Waals surface area contributed by atoms with Crippen LogP contribution >= 0.6 is 0 Å². The molecule has 4 atom stereocenters. The summed E-state index contributed by atoms with van der Waals surface area (Å²) in [6, 6.07) is 0. The van der Waals surface area contributed by atoms with Gasteiger partial charge in [-0.15, -0.1) is 0 Å². The molecule has 0 aromatic rings. The van der Waals surface area contributed by atoms with E-state index >= 15 is 0 Å². The topological polar surface area (TPSA) is 61.6 Å². The highest BCUT2D eigenvalue weighted by Crippen LogP contribution is 2.48. The Hall–Kier alpha value is -0.820. The van der Waals surface area contributed by atoms with Gasteiger partial charge in [0.1, 0.15) is 5.60 Å². The summed E-state index contributed by atoms with van der Waals surface area (Å²) in [5.41, 5.74) is 1.16. The van der Waals surface area contributed by atoms with Crippen molar-refractivity contribution in [2.24, 2.45) is 17.6 Å². The van der Waals surface area contributed by atoms with E-state index in [4.69, 9.17) is 15.2 Å². The van der Waals surface area contributed by atoms with Crippen LogP contribution in [0, 0.1) is 11.8 Å². The maximum Gasteiger partial charge on any atom is 0.420 e. The predicted octanol–water partition coefficient (Wildman–Crippen LogP) is 2.90. The van der Waals surface area contributed by atoms with Gasteiger partial charge in [0.05, 0.1) is 0 Å². The fourth-order valence-electron chi connectivity index (χ4n) is 2.64. The number of alkyl halides is 3. The van der Waals surface area contributed by atoms with Crippen molar-refractivity contribution >= 4 is 5.91 Å². The molecule has 0 bridgehead atoms. The number of methoxy groups -OCH3 is 2. The van der Waals surface area contributed by atoms with Gasteiger partial charge < -0.3 is 15.2 Å². The van der Waals surface area contributed by atoms with Gasteiger partial charge in [-0.1, -0.05) is 20.8 Å². The molecule has 21 heavy (non-hydrogen) atoms. The second-order valence-electron chi connectivity index (χ2n) is 5.66. The van der Waals surface area contributed by atoms with Crippen molar-refractivity contribution in [2.75, 3.05) is 14.2 Å². The summed E-state index contributed by atoms with van der Waals surface area (Å²) in [5, 5.41) is 0. The fourth-order valence-corrected chi connectivity index (χ4v) is 2.64. The van der Waals surface area contributed by atoms with Crippen LogP contribution in [0.3, 0.4) is 0 Å². The van der Waals surface area contributed by atoms with Gasteiger partial charge in [0, 0.05) is 20.1 Å². The van der Waals surface area contributed by atoms with E-state index in [1.165, 1.54) is 7.11 Å². The van der Waals surface area contributed by atoms with Gasteiger partial charge in [-0.05, 0) is 25.7 Å². The summed E-state index contributed by atoms with van der Waals surface area (Å²) in [5.74, 6) is -1.48. The van der Waals surface area contributed by atoms with Gasteiger partial charge in [-0.25, -0.2) is 0 Å². The number of nitrogens with two attached hydrogens (primary N) is 1. The SMILES string of the molecule is CCC(CC(C)C(C)C(N)=O)(OC)C(C)(OC)C(F)(F)F. The van der Waals surface area contributed by atoms with Crippen LogP contribution < -0.4 is 5.73 Å². The predicted molar refractivity (Wildman–Crippen MR) is 73.6 cm³/mol. The lowest BCUT2D eigenvalue weighted by Crippen LogP contribution is -2.63. The van der Waals surface area contributed by atoms with Crippen molar-refractivity contribution in [3.63, 3.8) is 0 Å². The Morgan fingerprint density at radius 3 is 1.90 bits per heavy atom. The number of carbonyl (C=O) groups excluding carboxylic acids is 1. The third-order valence-electron chi connectivity index (χ3n) is 4.73. The second kappa shape index (κ2) is 6.96. The first-order chi connectivity index (χ1) is 9.42. The zero-order chi connectivity index (χ0) is 17.1. The standard InChI is InChI=1S/C14H26F3NO3/c1-7-13(21-6,8-9(2)10(3)11(18)19)12(4,20-5)14(15,16)17/h9-10H,7-8H2,1-6H3,(H2,18,19). The normalized spacial score (nSPS) is 21.2. The molecule has 126 valence electrons. The zero-order valence-corrected chi connectivity index (χ0v) is 13.5. The first-order valence-electron chi connectivity index (χ1n) is 6.88. The Morgan fingerprint density at radius 2 is 1.67 bits per heavy atom. The van der Waals surface area contributed by atoms with Crippen LogP contribution in [0.5, 0.6) is 0 Å². The highest BCUT2D eigenvalue weighted by atomic mass is 19.4. The highest BCUT2D eigenvalue weighted by Gasteiger charge is 2.64. The molecule has 4 nitrogen and oxygen atoms in total. The van der Waals surface area contributed by atoms with Gasteiger partial charge >= 0.3 is 6.18 Å². The van der Waals surface area contributed by atoms with E-state index in [2.05, 4.69) is 0 Å². The summed E-state index contributed by atoms with van der Waals surface area (Å²) in [4.78, 5) is 11.2. The Morgan fingerprint density at radius 1 is 1.19 bits per heavy atom. The van der Waals surface area contributed by atoms with Crippen molar-refractivity contribution in [1.29, 1.82) is 0 Å². The maximum atomic E-state index is 13.5. The maximum absolute atomic E-state index is 13.5. The number of primary amides is 1. The molecule has 0 saturated heterocycles. The minimum atomic E-state index is -4.61. The number of hydrogen-bond acceptors (Lipinski definition) is 3. The van der Waals surface area contributed by atoms with Crippen LogP contribution in [0.4, 0.5) is 13.2 Å². The number of rotatable bonds is 8. The quantitative estimate of drug-likeness (QED) is 0.749. The molecule has 0 saturated carbocycles. The molecule has 4 unspecified atom stereocenters. The average molecular weight is 313 g/mol. The minimum absolute atomic E-state index is 0.00789. The van der Waals surface area contributed by atoms with Crippen molar-refractivity contribution < 1.29 is 27.4 Å². The van der Waals surface area contributed by atoms with Gasteiger partial charge in [-0.3, -0.25) is 4.79 Å². The monoisotopic (exact) mass is 313 g/mol. The summed E-state index contributed by atoms with van der Waals surface area (Å²) in [6.45, 7) is 5.86. The molecule has 0 aliphatic rings. The van der Waals surface area contributed by atoms with Crippen molar-refractivity contribution in [3.8, 4) is 0 Å². The molecule has 0 fully saturated rings. The number of halogens is 3. The molecule has 1 amide bonds. The molecule has 0 aromatic heterocycles. The molecule has 2 N–H and O–H groups in total. The number of hydrogen-bond donors (Lipinski definition) is 1. The van der Waals surface area contributed by atoms with E-state index in [-0.39, 0.29) is 18.8 Å². The zero-order valence-electron chi connectivity index (χ0n) is 13.5. The highest BCUT2D eigenvalue weighted by molar-refractivity contribution is 5.76. The van der Waals surface area contributed by atoms with Crippen molar-refractivity contribution in [2.45, 2.75) is 57.9 Å². The molecular formula is C14H26F3NO3. The molecule has 0 aromatic carbocycles. The molecule has 0 radical (unpaired) electrons. The minimum Gasteiger partial charge on any atom is -0.375 e. The van der Waals surface area contributed by atoms with E-state index in [1.54, 1.807) is 20.8 Å². The third-order valence-corrected chi connectivity index (χ3v) is 4.73. The third kappa shape index (κ3) is 3.69. The van der Waals surface area contributed by atoms with Crippen molar-refractivity contribution in [3.05, 3.63) is 0 Å². The van der Waals surface area contributed by atoms with Crippen LogP contribution in [0.2, 0.25) is 0 Å². The number of amides is 1. The van der Waals surface area contributed by atoms with Crippen LogP contribution in [-0.2, 0) is 14.3 Å². The van der Waals surface area contributed by atoms with Crippen LogP contribution in [-0.4, -0.2) is 37.5 Å².